The van der Waals surface area contributed by atoms with Crippen LogP contribution in [0.3, 0.4) is 0 Å². The van der Waals surface area contributed by atoms with E-state index >= 15 is 0 Å². The molecule has 0 unspecified atom stereocenters. The molecule has 0 aliphatic rings. The van der Waals surface area contributed by atoms with Crippen molar-refractivity contribution in [1.29, 1.82) is 5.26 Å². The van der Waals surface area contributed by atoms with E-state index in [1.165, 1.54) is 22.9 Å². The van der Waals surface area contributed by atoms with Crippen LogP contribution >= 0.6 is 12.2 Å². The van der Waals surface area contributed by atoms with Crippen LogP contribution in [0.2, 0.25) is 0 Å². The maximum Gasteiger partial charge on any atom is 0.417 e. The van der Waals surface area contributed by atoms with Crippen molar-refractivity contribution < 1.29 is 27.8 Å². The van der Waals surface area contributed by atoms with Gasteiger partial charge in [0.1, 0.15) is 18.6 Å². The van der Waals surface area contributed by atoms with Crippen LogP contribution in [-0.4, -0.2) is 42.3 Å². The number of thiocarbonyl (C=S) groups is 1. The Hall–Kier alpha value is -3.16. The number of ether oxygens (including phenoxy) is 1. The molecule has 0 aromatic heterocycles. The van der Waals surface area contributed by atoms with E-state index in [4.69, 9.17) is 27.3 Å². The Labute approximate surface area is 189 Å². The van der Waals surface area contributed by atoms with Gasteiger partial charge in [-0.25, -0.2) is 0 Å². The highest BCUT2D eigenvalue weighted by atomic mass is 32.1. The molecule has 6 nitrogen and oxygen atoms in total. The molecule has 0 fully saturated rings. The number of nitriles is 1. The van der Waals surface area contributed by atoms with Gasteiger partial charge >= 0.3 is 6.18 Å². The fourth-order valence-electron chi connectivity index (χ4n) is 2.93. The average Bonchev–Trinajstić information content (AvgIpc) is 2.76. The predicted molar refractivity (Wildman–Crippen MR) is 119 cm³/mol. The molecule has 0 saturated heterocycles. The van der Waals surface area contributed by atoms with Crippen molar-refractivity contribution in [2.24, 2.45) is 0 Å². The topological polar surface area (TPSA) is 76.8 Å². The molecule has 0 radical (unpaired) electrons. The highest BCUT2D eigenvalue weighted by Gasteiger charge is 2.36. The maximum atomic E-state index is 13.4. The molecular weight excluding hydrogens is 443 g/mol. The number of halogens is 3. The lowest BCUT2D eigenvalue weighted by Crippen LogP contribution is -2.54. The number of alkyl halides is 3. The van der Waals surface area contributed by atoms with Crippen LogP contribution in [0.5, 0.6) is 5.75 Å². The van der Waals surface area contributed by atoms with Crippen LogP contribution in [0.25, 0.3) is 0 Å². The van der Waals surface area contributed by atoms with Crippen LogP contribution < -0.4 is 14.5 Å². The monoisotopic (exact) mass is 465 g/mol. The number of aldehydes is 1. The van der Waals surface area contributed by atoms with Gasteiger partial charge in [0, 0.05) is 18.4 Å². The Morgan fingerprint density at radius 3 is 2.28 bits per heavy atom. The molecule has 170 valence electrons. The molecule has 32 heavy (non-hydrogen) atoms. The lowest BCUT2D eigenvalue weighted by Gasteiger charge is -2.39. The third-order valence-electron chi connectivity index (χ3n) is 4.61. The van der Waals surface area contributed by atoms with Crippen LogP contribution in [0.4, 0.5) is 24.5 Å². The Morgan fingerprint density at radius 2 is 1.78 bits per heavy atom. The van der Waals surface area contributed by atoms with Gasteiger partial charge in [-0.2, -0.15) is 18.4 Å². The summed E-state index contributed by atoms with van der Waals surface area (Å²) < 4.78 is 45.5. The zero-order chi connectivity index (χ0) is 24.1. The van der Waals surface area contributed by atoms with Gasteiger partial charge in [0.15, 0.2) is 5.11 Å². The standard InChI is InChI=1S/C22H22F3N3O3S/c1-21(2,14-30)28(16-6-8-18(9-7-16)31-11-10-29)20(32)27(3)17-5-4-15(13-26)19(12-17)22(23,24)25/h4-9,12,14,29H,10-11H2,1-3H3. The molecule has 0 saturated carbocycles. The summed E-state index contributed by atoms with van der Waals surface area (Å²) in [5.41, 5.74) is -2.07. The van der Waals surface area contributed by atoms with Crippen molar-refractivity contribution in [1.82, 2.24) is 0 Å². The summed E-state index contributed by atoms with van der Waals surface area (Å²) in [6.45, 7) is 3.21. The minimum absolute atomic E-state index is 0.0731. The van der Waals surface area contributed by atoms with E-state index in [0.29, 0.717) is 17.7 Å². The summed E-state index contributed by atoms with van der Waals surface area (Å²) in [5.74, 6) is 0.493. The molecule has 0 aliphatic heterocycles. The van der Waals surface area contributed by atoms with Gasteiger partial charge in [-0.15, -0.1) is 0 Å². The molecular formula is C22H22F3N3O3S. The Morgan fingerprint density at radius 1 is 1.19 bits per heavy atom. The minimum Gasteiger partial charge on any atom is -0.491 e. The van der Waals surface area contributed by atoms with Gasteiger partial charge in [-0.05, 0) is 68.5 Å². The minimum atomic E-state index is -4.71. The number of anilines is 2. The first-order valence-corrected chi connectivity index (χ1v) is 9.86. The van der Waals surface area contributed by atoms with E-state index in [1.54, 1.807) is 44.2 Å². The first kappa shape index (κ1) is 25.1. The summed E-state index contributed by atoms with van der Waals surface area (Å²) in [6.07, 6.45) is -4.03. The van der Waals surface area contributed by atoms with Crippen molar-refractivity contribution in [3.63, 3.8) is 0 Å². The smallest absolute Gasteiger partial charge is 0.417 e. The molecule has 1 N–H and O–H groups in total. The van der Waals surface area contributed by atoms with E-state index in [9.17, 15) is 18.0 Å². The number of hydrogen-bond acceptors (Lipinski definition) is 5. The maximum absolute atomic E-state index is 13.4. The van der Waals surface area contributed by atoms with Crippen LogP contribution in [-0.2, 0) is 11.0 Å². The molecule has 0 spiro atoms. The zero-order valence-corrected chi connectivity index (χ0v) is 18.5. The highest BCUT2D eigenvalue weighted by molar-refractivity contribution is 7.80. The number of benzene rings is 2. The second kappa shape index (κ2) is 9.97. The van der Waals surface area contributed by atoms with E-state index in [-0.39, 0.29) is 24.0 Å². The highest BCUT2D eigenvalue weighted by Crippen LogP contribution is 2.35. The summed E-state index contributed by atoms with van der Waals surface area (Å²) in [7, 11) is 1.48. The van der Waals surface area contributed by atoms with Gasteiger partial charge in [0.05, 0.1) is 29.3 Å². The average molecular weight is 465 g/mol. The SMILES string of the molecule is CN(C(=S)N(c1ccc(OCCO)cc1)C(C)(C)C=O)c1ccc(C#N)c(C(F)(F)F)c1. The molecule has 0 heterocycles. The number of rotatable bonds is 7. The molecule has 2 aromatic carbocycles. The van der Waals surface area contributed by atoms with Gasteiger partial charge < -0.3 is 24.4 Å². The third-order valence-corrected chi connectivity index (χ3v) is 5.07. The van der Waals surface area contributed by atoms with Gasteiger partial charge in [-0.1, -0.05) is 0 Å². The number of aliphatic hydroxyl groups excluding tert-OH is 1. The molecule has 0 amide bonds. The van der Waals surface area contributed by atoms with E-state index in [0.717, 1.165) is 12.1 Å². The quantitative estimate of drug-likeness (QED) is 0.486. The normalized spacial score (nSPS) is 11.4. The number of aliphatic hydroxyl groups is 1. The van der Waals surface area contributed by atoms with Crippen molar-refractivity contribution >= 4 is 35.0 Å². The Balaban J connectivity index is 2.47. The van der Waals surface area contributed by atoms with Crippen LogP contribution in [0, 0.1) is 11.3 Å². The number of carbonyl (C=O) groups is 1. The van der Waals surface area contributed by atoms with Gasteiger partial charge in [0.2, 0.25) is 0 Å². The molecule has 0 bridgehead atoms. The van der Waals surface area contributed by atoms with Gasteiger partial charge in [-0.3, -0.25) is 0 Å². The van der Waals surface area contributed by atoms with Crippen molar-refractivity contribution in [2.75, 3.05) is 30.1 Å². The van der Waals surface area contributed by atoms with E-state index in [1.807, 2.05) is 0 Å². The van der Waals surface area contributed by atoms with Crippen molar-refractivity contribution in [3.8, 4) is 11.8 Å². The van der Waals surface area contributed by atoms with Crippen LogP contribution in [0.15, 0.2) is 42.5 Å². The second-order valence-corrected chi connectivity index (χ2v) is 7.72. The van der Waals surface area contributed by atoms with Crippen molar-refractivity contribution in [2.45, 2.75) is 25.6 Å². The molecule has 0 atom stereocenters. The fourth-order valence-corrected chi connectivity index (χ4v) is 3.38. The predicted octanol–water partition coefficient (Wildman–Crippen LogP) is 4.15. The number of hydrogen-bond donors (Lipinski definition) is 1. The van der Waals surface area contributed by atoms with E-state index in [2.05, 4.69) is 0 Å². The molecule has 2 aromatic rings. The number of nitrogens with zero attached hydrogens (tertiary/aromatic N) is 3. The molecule has 10 heteroatoms. The summed E-state index contributed by atoms with van der Waals surface area (Å²) in [6, 6.07) is 11.4. The second-order valence-electron chi connectivity index (χ2n) is 7.35. The first-order chi connectivity index (χ1) is 15.0. The lowest BCUT2D eigenvalue weighted by molar-refractivity contribution is -0.137. The largest absolute Gasteiger partial charge is 0.491 e. The Bertz CT molecular complexity index is 1020. The fraction of sp³-hybridized carbons (Fsp3) is 0.318. The van der Waals surface area contributed by atoms with Crippen LogP contribution in [0.1, 0.15) is 25.0 Å². The van der Waals surface area contributed by atoms with Gasteiger partial charge in [0.25, 0.3) is 0 Å². The Kier molecular flexibility index (Phi) is 7.83. The summed E-state index contributed by atoms with van der Waals surface area (Å²) >= 11 is 5.56. The summed E-state index contributed by atoms with van der Waals surface area (Å²) in [5, 5.41) is 18.0. The number of carbonyl (C=O) groups excluding carboxylic acids is 1. The molecule has 2 rings (SSSR count). The zero-order valence-electron chi connectivity index (χ0n) is 17.7. The summed E-state index contributed by atoms with van der Waals surface area (Å²) in [4.78, 5) is 14.7. The lowest BCUT2D eigenvalue weighted by atomic mass is 10.0. The molecule has 0 aliphatic carbocycles. The van der Waals surface area contributed by atoms with E-state index < -0.39 is 22.8 Å². The van der Waals surface area contributed by atoms with Crippen molar-refractivity contribution in [3.05, 3.63) is 53.6 Å². The first-order valence-electron chi connectivity index (χ1n) is 9.45. The third kappa shape index (κ3) is 5.55.